The molecule has 0 saturated carbocycles. The molecule has 1 aromatic heterocycles. The van der Waals surface area contributed by atoms with Crippen LogP contribution in [0.25, 0.3) is 0 Å². The van der Waals surface area contributed by atoms with Gasteiger partial charge in [0, 0.05) is 11.9 Å². The number of methoxy groups -OCH3 is 1. The molecule has 3 rings (SSSR count). The Morgan fingerprint density at radius 2 is 2.09 bits per heavy atom. The molecule has 23 heavy (non-hydrogen) atoms. The lowest BCUT2D eigenvalue weighted by Crippen LogP contribution is -2.41. The zero-order valence-electron chi connectivity index (χ0n) is 13.1. The van der Waals surface area contributed by atoms with E-state index in [-0.39, 0.29) is 18.2 Å². The molecule has 1 aromatic rings. The van der Waals surface area contributed by atoms with Gasteiger partial charge in [0.25, 0.3) is 0 Å². The molecule has 2 amide bonds. The number of anilines is 1. The van der Waals surface area contributed by atoms with E-state index in [0.717, 1.165) is 36.1 Å². The van der Waals surface area contributed by atoms with Crippen LogP contribution in [0.3, 0.4) is 0 Å². The van der Waals surface area contributed by atoms with Gasteiger partial charge in [0.2, 0.25) is 11.8 Å². The lowest BCUT2D eigenvalue weighted by molar-refractivity contribution is -0.121. The molecule has 7 nitrogen and oxygen atoms in total. The smallest absolute Gasteiger partial charge is 0.341 e. The van der Waals surface area contributed by atoms with E-state index in [1.54, 1.807) is 7.05 Å². The quantitative estimate of drug-likeness (QED) is 0.806. The number of ether oxygens (including phenoxy) is 1. The summed E-state index contributed by atoms with van der Waals surface area (Å²) in [4.78, 5) is 37.1. The molecule has 2 aliphatic rings. The van der Waals surface area contributed by atoms with Crippen LogP contribution >= 0.6 is 11.3 Å². The second kappa shape index (κ2) is 6.29. The zero-order valence-corrected chi connectivity index (χ0v) is 13.9. The van der Waals surface area contributed by atoms with E-state index in [0.29, 0.717) is 10.6 Å². The number of fused-ring (bicyclic) bond motifs is 1. The number of esters is 1. The fraction of sp³-hybridized carbons (Fsp3) is 0.533. The number of hydrazine groups is 1. The van der Waals surface area contributed by atoms with E-state index in [4.69, 9.17) is 4.74 Å². The van der Waals surface area contributed by atoms with Crippen LogP contribution in [0.15, 0.2) is 0 Å². The van der Waals surface area contributed by atoms with Gasteiger partial charge in [-0.25, -0.2) is 9.80 Å². The van der Waals surface area contributed by atoms with Gasteiger partial charge in [0.1, 0.15) is 11.0 Å². The van der Waals surface area contributed by atoms with Gasteiger partial charge in [-0.3, -0.25) is 15.0 Å². The number of hydrogen-bond donors (Lipinski definition) is 2. The van der Waals surface area contributed by atoms with E-state index in [1.165, 1.54) is 23.5 Å². The number of aryl methyl sites for hydroxylation is 1. The number of likely N-dealkylation sites (N-methyl/N-ethyl adjacent to an activating group) is 1. The molecule has 1 saturated heterocycles. The van der Waals surface area contributed by atoms with E-state index in [1.807, 2.05) is 0 Å². The average Bonchev–Trinajstić information content (AvgIpc) is 3.05. The SMILES string of the molecule is COC(=O)c1c(NC(=O)C2CC(=O)NN2C)sc2c1CCCC2. The Morgan fingerprint density at radius 1 is 1.35 bits per heavy atom. The summed E-state index contributed by atoms with van der Waals surface area (Å²) in [5.41, 5.74) is 4.05. The molecule has 1 aliphatic heterocycles. The summed E-state index contributed by atoms with van der Waals surface area (Å²) < 4.78 is 4.89. The van der Waals surface area contributed by atoms with Gasteiger partial charge >= 0.3 is 5.97 Å². The number of thiophene rings is 1. The van der Waals surface area contributed by atoms with Gasteiger partial charge in [-0.15, -0.1) is 11.3 Å². The lowest BCUT2D eigenvalue weighted by atomic mass is 9.95. The highest BCUT2D eigenvalue weighted by molar-refractivity contribution is 7.17. The summed E-state index contributed by atoms with van der Waals surface area (Å²) in [6, 6.07) is -0.577. The maximum Gasteiger partial charge on any atom is 0.341 e. The van der Waals surface area contributed by atoms with Crippen LogP contribution in [0.1, 0.15) is 40.1 Å². The molecular weight excluding hydrogens is 318 g/mol. The Morgan fingerprint density at radius 3 is 2.74 bits per heavy atom. The topological polar surface area (TPSA) is 87.7 Å². The van der Waals surface area contributed by atoms with E-state index >= 15 is 0 Å². The molecule has 0 aromatic carbocycles. The fourth-order valence-electron chi connectivity index (χ4n) is 3.07. The molecule has 1 atom stereocenters. The first kappa shape index (κ1) is 15.9. The lowest BCUT2D eigenvalue weighted by Gasteiger charge is -2.17. The molecule has 0 radical (unpaired) electrons. The number of amides is 2. The highest BCUT2D eigenvalue weighted by Gasteiger charge is 2.35. The molecule has 2 heterocycles. The van der Waals surface area contributed by atoms with Crippen molar-refractivity contribution in [1.82, 2.24) is 10.4 Å². The van der Waals surface area contributed by atoms with Crippen LogP contribution in [0, 0.1) is 0 Å². The van der Waals surface area contributed by atoms with Crippen molar-refractivity contribution in [2.24, 2.45) is 0 Å². The third-order valence-corrected chi connectivity index (χ3v) is 5.45. The number of hydrogen-bond acceptors (Lipinski definition) is 6. The van der Waals surface area contributed by atoms with Gasteiger partial charge in [0.05, 0.1) is 19.1 Å². The number of nitrogens with one attached hydrogen (secondary N) is 2. The van der Waals surface area contributed by atoms with Crippen LogP contribution in [-0.4, -0.2) is 43.0 Å². The number of rotatable bonds is 3. The summed E-state index contributed by atoms with van der Waals surface area (Å²) in [6.45, 7) is 0. The maximum absolute atomic E-state index is 12.5. The predicted molar refractivity (Wildman–Crippen MR) is 85.2 cm³/mol. The summed E-state index contributed by atoms with van der Waals surface area (Å²) in [5.74, 6) is -0.908. The standard InChI is InChI=1S/C15H19N3O4S/c1-18-9(7-11(19)17-18)13(20)16-14-12(15(21)22-2)8-5-3-4-6-10(8)23-14/h9H,3-7H2,1-2H3,(H,16,20)(H,17,19). The summed E-state index contributed by atoms with van der Waals surface area (Å²) in [5, 5.41) is 4.84. The largest absolute Gasteiger partial charge is 0.465 e. The average molecular weight is 337 g/mol. The van der Waals surface area contributed by atoms with Crippen molar-refractivity contribution < 1.29 is 19.1 Å². The summed E-state index contributed by atoms with van der Waals surface area (Å²) >= 11 is 1.44. The van der Waals surface area contributed by atoms with Gasteiger partial charge < -0.3 is 10.1 Å². The number of carbonyl (C=O) groups excluding carboxylic acids is 3. The fourth-order valence-corrected chi connectivity index (χ4v) is 4.35. The minimum atomic E-state index is -0.577. The molecule has 8 heteroatoms. The van der Waals surface area contributed by atoms with Gasteiger partial charge in [-0.1, -0.05) is 0 Å². The van der Waals surface area contributed by atoms with Crippen LogP contribution in [0.5, 0.6) is 0 Å². The number of nitrogens with zero attached hydrogens (tertiary/aromatic N) is 1. The number of carbonyl (C=O) groups is 3. The van der Waals surface area contributed by atoms with Crippen LogP contribution in [0.4, 0.5) is 5.00 Å². The van der Waals surface area contributed by atoms with Gasteiger partial charge in [-0.05, 0) is 31.2 Å². The van der Waals surface area contributed by atoms with E-state index < -0.39 is 12.0 Å². The van der Waals surface area contributed by atoms with Crippen molar-refractivity contribution in [2.45, 2.75) is 38.1 Å². The van der Waals surface area contributed by atoms with Crippen molar-refractivity contribution >= 4 is 34.1 Å². The first-order valence-electron chi connectivity index (χ1n) is 7.57. The van der Waals surface area contributed by atoms with Crippen molar-refractivity contribution in [3.63, 3.8) is 0 Å². The monoisotopic (exact) mass is 337 g/mol. The van der Waals surface area contributed by atoms with Gasteiger partial charge in [-0.2, -0.15) is 0 Å². The Labute approximate surface area is 138 Å². The molecule has 1 aliphatic carbocycles. The van der Waals surface area contributed by atoms with Crippen molar-refractivity contribution in [3.8, 4) is 0 Å². The van der Waals surface area contributed by atoms with E-state index in [2.05, 4.69) is 10.7 Å². The highest BCUT2D eigenvalue weighted by atomic mass is 32.1. The second-order valence-electron chi connectivity index (χ2n) is 5.76. The third-order valence-electron chi connectivity index (χ3n) is 4.25. The van der Waals surface area contributed by atoms with Gasteiger partial charge in [0.15, 0.2) is 0 Å². The molecule has 1 unspecified atom stereocenters. The molecule has 2 N–H and O–H groups in total. The summed E-state index contributed by atoms with van der Waals surface area (Å²) in [6.07, 6.45) is 3.98. The first-order chi connectivity index (χ1) is 11.0. The normalized spacial score (nSPS) is 20.8. The zero-order chi connectivity index (χ0) is 16.6. The predicted octanol–water partition coefficient (Wildman–Crippen LogP) is 1.09. The minimum Gasteiger partial charge on any atom is -0.465 e. The molecule has 124 valence electrons. The van der Waals surface area contributed by atoms with Crippen molar-refractivity contribution in [1.29, 1.82) is 0 Å². The summed E-state index contributed by atoms with van der Waals surface area (Å²) in [7, 11) is 2.99. The van der Waals surface area contributed by atoms with E-state index in [9.17, 15) is 14.4 Å². The first-order valence-corrected chi connectivity index (χ1v) is 8.39. The van der Waals surface area contributed by atoms with Crippen LogP contribution < -0.4 is 10.7 Å². The Balaban J connectivity index is 1.87. The minimum absolute atomic E-state index is 0.112. The third kappa shape index (κ3) is 2.96. The van der Waals surface area contributed by atoms with Crippen molar-refractivity contribution in [2.75, 3.05) is 19.5 Å². The molecule has 1 fully saturated rings. The van der Waals surface area contributed by atoms with Crippen LogP contribution in [0.2, 0.25) is 0 Å². The maximum atomic E-state index is 12.5. The molecule has 0 bridgehead atoms. The van der Waals surface area contributed by atoms with Crippen LogP contribution in [-0.2, 0) is 27.2 Å². The highest BCUT2D eigenvalue weighted by Crippen LogP contribution is 2.38. The Kier molecular flexibility index (Phi) is 4.36. The van der Waals surface area contributed by atoms with Crippen molar-refractivity contribution in [3.05, 3.63) is 16.0 Å². The second-order valence-corrected chi connectivity index (χ2v) is 6.87. The molecular formula is C15H19N3O4S. The Hall–Kier alpha value is -1.93. The Bertz CT molecular complexity index is 670. The molecule has 0 spiro atoms.